The molecule has 1 amide bonds. The summed E-state index contributed by atoms with van der Waals surface area (Å²) in [6.45, 7) is 0.639. The van der Waals surface area contributed by atoms with Crippen LogP contribution in [0, 0.1) is 0 Å². The first-order valence-corrected chi connectivity index (χ1v) is 9.08. The Bertz CT molecular complexity index is 543. The van der Waals surface area contributed by atoms with Gasteiger partial charge in [0.05, 0.1) is 18.2 Å². The average molecular weight is 356 g/mol. The lowest BCUT2D eigenvalue weighted by molar-refractivity contribution is -0.706. The Morgan fingerprint density at radius 3 is 2.54 bits per heavy atom. The number of benzene rings is 1. The van der Waals surface area contributed by atoms with E-state index >= 15 is 0 Å². The second-order valence-electron chi connectivity index (χ2n) is 6.41. The Morgan fingerprint density at radius 2 is 1.92 bits per heavy atom. The van der Waals surface area contributed by atoms with Crippen LogP contribution < -0.4 is 20.5 Å². The number of carbonyl (C=O) groups excluding carboxylic acids is 1. The summed E-state index contributed by atoms with van der Waals surface area (Å²) in [7, 11) is 1.56. The predicted molar refractivity (Wildman–Crippen MR) is 94.4 cm³/mol. The van der Waals surface area contributed by atoms with Crippen LogP contribution in [0.2, 0.25) is 5.02 Å². The smallest absolute Gasteiger partial charge is 0.255 e. The number of quaternary nitrogens is 1. The molecule has 1 aromatic rings. The van der Waals surface area contributed by atoms with Crippen LogP contribution in [0.1, 0.15) is 50.5 Å². The number of amides is 1. The molecule has 0 saturated heterocycles. The van der Waals surface area contributed by atoms with Crippen molar-refractivity contribution >= 4 is 17.5 Å². The lowest BCUT2D eigenvalue weighted by Gasteiger charge is -2.19. The highest BCUT2D eigenvalue weighted by atomic mass is 35.5. The monoisotopic (exact) mass is 355 g/mol. The molecule has 1 fully saturated rings. The summed E-state index contributed by atoms with van der Waals surface area (Å²) < 4.78 is 10.7. The van der Waals surface area contributed by atoms with Gasteiger partial charge in [0.2, 0.25) is 0 Å². The van der Waals surface area contributed by atoms with Gasteiger partial charge < -0.3 is 20.5 Å². The summed E-state index contributed by atoms with van der Waals surface area (Å²) in [6.07, 6.45) is 9.31. The number of nitrogens with two attached hydrogens (primary N) is 2. The zero-order chi connectivity index (χ0) is 17.4. The maximum Gasteiger partial charge on any atom is 0.255 e. The minimum absolute atomic E-state index is 0.219. The molecule has 5 nitrogen and oxygen atoms in total. The minimum Gasteiger partial charge on any atom is -0.493 e. The summed E-state index contributed by atoms with van der Waals surface area (Å²) in [5, 5.41) is 2.84. The van der Waals surface area contributed by atoms with Crippen molar-refractivity contribution in [3.05, 3.63) is 22.7 Å². The standard InChI is InChI=1S/C18H27ClN2O3/c1-23-16-10-13(9-15(19)18(16)24-12-17(20)22)11-21-14-7-5-3-2-4-6-8-14/h9-10,14,21H,2-8,11-12H2,1H3,(H2,20,22)/p+1. The first kappa shape index (κ1) is 18.9. The molecular weight excluding hydrogens is 328 g/mol. The lowest BCUT2D eigenvalue weighted by atomic mass is 9.96. The third-order valence-electron chi connectivity index (χ3n) is 4.48. The quantitative estimate of drug-likeness (QED) is 0.788. The average Bonchev–Trinajstić information content (AvgIpc) is 2.52. The topological polar surface area (TPSA) is 78.2 Å². The molecule has 0 heterocycles. The first-order chi connectivity index (χ1) is 11.6. The van der Waals surface area contributed by atoms with Gasteiger partial charge in [-0.1, -0.05) is 30.9 Å². The van der Waals surface area contributed by atoms with E-state index in [4.69, 9.17) is 26.8 Å². The highest BCUT2D eigenvalue weighted by molar-refractivity contribution is 6.32. The third-order valence-corrected chi connectivity index (χ3v) is 4.77. The fourth-order valence-electron chi connectivity index (χ4n) is 3.20. The molecule has 0 atom stereocenters. The maximum absolute atomic E-state index is 10.9. The molecule has 1 saturated carbocycles. The number of carbonyl (C=O) groups is 1. The van der Waals surface area contributed by atoms with Crippen molar-refractivity contribution in [2.75, 3.05) is 13.7 Å². The van der Waals surface area contributed by atoms with Crippen LogP contribution >= 0.6 is 11.6 Å². The Labute approximate surface area is 148 Å². The zero-order valence-corrected chi connectivity index (χ0v) is 15.1. The van der Waals surface area contributed by atoms with E-state index in [-0.39, 0.29) is 6.61 Å². The number of halogens is 1. The Kier molecular flexibility index (Phi) is 7.66. The van der Waals surface area contributed by atoms with E-state index in [1.165, 1.54) is 44.9 Å². The van der Waals surface area contributed by atoms with E-state index in [0.717, 1.165) is 12.1 Å². The maximum atomic E-state index is 10.9. The van der Waals surface area contributed by atoms with Crippen LogP contribution in [0.4, 0.5) is 0 Å². The van der Waals surface area contributed by atoms with Gasteiger partial charge in [0, 0.05) is 5.56 Å². The molecule has 0 aromatic heterocycles. The van der Waals surface area contributed by atoms with Gasteiger partial charge in [0.15, 0.2) is 18.1 Å². The SMILES string of the molecule is COc1cc(C[NH2+]C2CCCCCCC2)cc(Cl)c1OCC(N)=O. The number of ether oxygens (including phenoxy) is 2. The highest BCUT2D eigenvalue weighted by Gasteiger charge is 2.17. The number of hydrogen-bond acceptors (Lipinski definition) is 3. The molecule has 1 aliphatic carbocycles. The second-order valence-corrected chi connectivity index (χ2v) is 6.82. The van der Waals surface area contributed by atoms with Gasteiger partial charge in [-0.05, 0) is 37.8 Å². The summed E-state index contributed by atoms with van der Waals surface area (Å²) in [4.78, 5) is 10.9. The Hall–Kier alpha value is -1.46. The normalized spacial score (nSPS) is 16.2. The van der Waals surface area contributed by atoms with Gasteiger partial charge in [0.1, 0.15) is 6.54 Å². The first-order valence-electron chi connectivity index (χ1n) is 8.71. The molecule has 0 spiro atoms. The highest BCUT2D eigenvalue weighted by Crippen LogP contribution is 2.36. The Balaban J connectivity index is 1.99. The van der Waals surface area contributed by atoms with Gasteiger partial charge in [-0.25, -0.2) is 0 Å². The fourth-order valence-corrected chi connectivity index (χ4v) is 3.49. The predicted octanol–water partition coefficient (Wildman–Crippen LogP) is 2.39. The van der Waals surface area contributed by atoms with E-state index < -0.39 is 5.91 Å². The van der Waals surface area contributed by atoms with Gasteiger partial charge in [0.25, 0.3) is 5.91 Å². The van der Waals surface area contributed by atoms with Crippen molar-refractivity contribution < 1.29 is 19.6 Å². The van der Waals surface area contributed by atoms with Crippen molar-refractivity contribution in [2.24, 2.45) is 5.73 Å². The van der Waals surface area contributed by atoms with Gasteiger partial charge in [-0.2, -0.15) is 0 Å². The lowest BCUT2D eigenvalue weighted by Crippen LogP contribution is -2.88. The number of methoxy groups -OCH3 is 1. The summed E-state index contributed by atoms with van der Waals surface area (Å²) in [5.41, 5.74) is 6.20. The van der Waals surface area contributed by atoms with Crippen molar-refractivity contribution in [1.29, 1.82) is 0 Å². The molecular formula is C18H28ClN2O3+. The van der Waals surface area contributed by atoms with Crippen molar-refractivity contribution in [1.82, 2.24) is 0 Å². The van der Waals surface area contributed by atoms with Gasteiger partial charge in [-0.15, -0.1) is 0 Å². The van der Waals surface area contributed by atoms with Crippen LogP contribution in [0.25, 0.3) is 0 Å². The van der Waals surface area contributed by atoms with Crippen LogP contribution in [0.3, 0.4) is 0 Å². The molecule has 6 heteroatoms. The minimum atomic E-state index is -0.546. The fraction of sp³-hybridized carbons (Fsp3) is 0.611. The summed E-state index contributed by atoms with van der Waals surface area (Å²) in [5.74, 6) is 0.354. The van der Waals surface area contributed by atoms with Crippen molar-refractivity contribution in [3.8, 4) is 11.5 Å². The van der Waals surface area contributed by atoms with Crippen LogP contribution in [-0.4, -0.2) is 25.7 Å². The van der Waals surface area contributed by atoms with Crippen molar-refractivity contribution in [3.63, 3.8) is 0 Å². The zero-order valence-electron chi connectivity index (χ0n) is 14.4. The molecule has 0 bridgehead atoms. The van der Waals surface area contributed by atoms with Crippen LogP contribution in [-0.2, 0) is 11.3 Å². The molecule has 4 N–H and O–H groups in total. The molecule has 2 rings (SSSR count). The van der Waals surface area contributed by atoms with E-state index in [9.17, 15) is 4.79 Å². The molecule has 24 heavy (non-hydrogen) atoms. The second kappa shape index (κ2) is 9.74. The molecule has 1 aliphatic rings. The molecule has 1 aromatic carbocycles. The van der Waals surface area contributed by atoms with E-state index in [2.05, 4.69) is 5.32 Å². The molecule has 0 aliphatic heterocycles. The molecule has 134 valence electrons. The van der Waals surface area contributed by atoms with E-state index in [1.54, 1.807) is 7.11 Å². The number of rotatable bonds is 7. The van der Waals surface area contributed by atoms with E-state index in [0.29, 0.717) is 22.6 Å². The third kappa shape index (κ3) is 5.87. The van der Waals surface area contributed by atoms with Crippen molar-refractivity contribution in [2.45, 2.75) is 57.5 Å². The summed E-state index contributed by atoms with van der Waals surface area (Å²) in [6, 6.07) is 4.47. The molecule has 0 unspecified atom stereocenters. The summed E-state index contributed by atoms with van der Waals surface area (Å²) >= 11 is 6.29. The number of hydrogen-bond donors (Lipinski definition) is 2. The number of primary amides is 1. The van der Waals surface area contributed by atoms with E-state index in [1.807, 2.05) is 12.1 Å². The largest absolute Gasteiger partial charge is 0.493 e. The van der Waals surface area contributed by atoms with Gasteiger partial charge >= 0.3 is 0 Å². The van der Waals surface area contributed by atoms with Crippen LogP contribution in [0.5, 0.6) is 11.5 Å². The van der Waals surface area contributed by atoms with Gasteiger partial charge in [-0.3, -0.25) is 4.79 Å². The Morgan fingerprint density at radius 1 is 1.25 bits per heavy atom. The molecule has 0 radical (unpaired) electrons. The van der Waals surface area contributed by atoms with Crippen LogP contribution in [0.15, 0.2) is 12.1 Å².